The van der Waals surface area contributed by atoms with Crippen molar-refractivity contribution >= 4 is 0 Å². The minimum absolute atomic E-state index is 0.0923. The smallest absolute Gasteiger partial charge is 0.133 e. The van der Waals surface area contributed by atoms with Gasteiger partial charge in [0.25, 0.3) is 0 Å². The summed E-state index contributed by atoms with van der Waals surface area (Å²) >= 11 is 0. The first-order chi connectivity index (χ1) is 7.20. The third-order valence-electron chi connectivity index (χ3n) is 2.59. The van der Waals surface area contributed by atoms with Crippen LogP contribution in [0.2, 0.25) is 0 Å². The van der Waals surface area contributed by atoms with Crippen LogP contribution in [0.15, 0.2) is 12.1 Å². The number of ether oxygens (including phenoxy) is 1. The highest BCUT2D eigenvalue weighted by Crippen LogP contribution is 2.24. The lowest BCUT2D eigenvalue weighted by Crippen LogP contribution is -2.35. The highest BCUT2D eigenvalue weighted by atomic mass is 19.1. The van der Waals surface area contributed by atoms with Gasteiger partial charge in [0, 0.05) is 12.1 Å². The fourth-order valence-electron chi connectivity index (χ4n) is 1.75. The number of aryl methyl sites for hydroxylation is 1. The molecule has 1 aromatic rings. The number of hydrogen-bond acceptors (Lipinski definition) is 2. The van der Waals surface area contributed by atoms with Crippen molar-refractivity contribution in [1.82, 2.24) is 5.32 Å². The predicted molar refractivity (Wildman–Crippen MR) is 52.7 cm³/mol. The van der Waals surface area contributed by atoms with Gasteiger partial charge in [-0.1, -0.05) is 6.07 Å². The van der Waals surface area contributed by atoms with Crippen molar-refractivity contribution in [2.75, 3.05) is 19.8 Å². The SMILES string of the molecule is Cc1ccc(F)c([C@@H]2COCCN2)c1F. The van der Waals surface area contributed by atoms with Gasteiger partial charge in [0.05, 0.1) is 19.3 Å². The third kappa shape index (κ3) is 2.01. The molecule has 0 radical (unpaired) electrons. The van der Waals surface area contributed by atoms with E-state index in [-0.39, 0.29) is 11.6 Å². The summed E-state index contributed by atoms with van der Waals surface area (Å²) in [4.78, 5) is 0. The van der Waals surface area contributed by atoms with E-state index in [2.05, 4.69) is 5.32 Å². The van der Waals surface area contributed by atoms with E-state index in [1.54, 1.807) is 6.92 Å². The molecule has 4 heteroatoms. The van der Waals surface area contributed by atoms with Crippen molar-refractivity contribution in [3.63, 3.8) is 0 Å². The molecule has 0 saturated carbocycles. The van der Waals surface area contributed by atoms with E-state index >= 15 is 0 Å². The van der Waals surface area contributed by atoms with Gasteiger partial charge in [0.1, 0.15) is 11.6 Å². The van der Waals surface area contributed by atoms with Gasteiger partial charge < -0.3 is 10.1 Å². The molecule has 0 unspecified atom stereocenters. The van der Waals surface area contributed by atoms with E-state index in [9.17, 15) is 8.78 Å². The average Bonchev–Trinajstić information content (AvgIpc) is 2.26. The van der Waals surface area contributed by atoms with Crippen molar-refractivity contribution in [1.29, 1.82) is 0 Å². The number of halogens is 2. The highest BCUT2D eigenvalue weighted by Gasteiger charge is 2.23. The second-order valence-corrected chi connectivity index (χ2v) is 3.67. The molecular formula is C11H13F2NO. The number of hydrogen-bond donors (Lipinski definition) is 1. The van der Waals surface area contributed by atoms with Crippen LogP contribution in [0.5, 0.6) is 0 Å². The third-order valence-corrected chi connectivity index (χ3v) is 2.59. The Morgan fingerprint density at radius 2 is 2.20 bits per heavy atom. The Balaban J connectivity index is 2.36. The standard InChI is InChI=1S/C11H13F2NO/c1-7-2-3-8(12)10(11(7)13)9-6-15-5-4-14-9/h2-3,9,14H,4-6H2,1H3/t9-/m0/s1. The molecule has 0 spiro atoms. The normalized spacial score (nSPS) is 21.7. The average molecular weight is 213 g/mol. The number of rotatable bonds is 1. The second kappa shape index (κ2) is 4.24. The summed E-state index contributed by atoms with van der Waals surface area (Å²) in [6.07, 6.45) is 0. The molecule has 2 rings (SSSR count). The number of morpholine rings is 1. The zero-order valence-electron chi connectivity index (χ0n) is 8.52. The molecule has 0 bridgehead atoms. The zero-order chi connectivity index (χ0) is 10.8. The lowest BCUT2D eigenvalue weighted by molar-refractivity contribution is 0.0745. The molecular weight excluding hydrogens is 200 g/mol. The van der Waals surface area contributed by atoms with E-state index in [4.69, 9.17) is 4.74 Å². The van der Waals surface area contributed by atoms with Crippen LogP contribution in [0.4, 0.5) is 8.78 Å². The Morgan fingerprint density at radius 3 is 2.87 bits per heavy atom. The molecule has 1 N–H and O–H groups in total. The minimum Gasteiger partial charge on any atom is -0.378 e. The summed E-state index contributed by atoms with van der Waals surface area (Å²) in [5.41, 5.74) is 0.550. The summed E-state index contributed by atoms with van der Waals surface area (Å²) in [5.74, 6) is -0.987. The Morgan fingerprint density at radius 1 is 1.40 bits per heavy atom. The molecule has 0 aliphatic carbocycles. The van der Waals surface area contributed by atoms with E-state index in [0.717, 1.165) is 0 Å². The topological polar surface area (TPSA) is 21.3 Å². The molecule has 1 heterocycles. The Bertz CT molecular complexity index is 362. The molecule has 1 aromatic carbocycles. The Labute approximate surface area is 87.2 Å². The fraction of sp³-hybridized carbons (Fsp3) is 0.455. The number of nitrogens with one attached hydrogen (secondary N) is 1. The minimum atomic E-state index is -0.513. The predicted octanol–water partition coefficient (Wildman–Crippen LogP) is 1.93. The maximum absolute atomic E-state index is 13.7. The highest BCUT2D eigenvalue weighted by molar-refractivity contribution is 5.29. The molecule has 1 aliphatic heterocycles. The van der Waals surface area contributed by atoms with Crippen LogP contribution >= 0.6 is 0 Å². The van der Waals surface area contributed by atoms with Crippen molar-refractivity contribution in [3.8, 4) is 0 Å². The van der Waals surface area contributed by atoms with E-state index < -0.39 is 11.6 Å². The Kier molecular flexibility index (Phi) is 2.98. The molecule has 15 heavy (non-hydrogen) atoms. The van der Waals surface area contributed by atoms with Crippen molar-refractivity contribution < 1.29 is 13.5 Å². The Hall–Kier alpha value is -1.00. The summed E-state index contributed by atoms with van der Waals surface area (Å²) in [6.45, 7) is 3.16. The van der Waals surface area contributed by atoms with E-state index in [1.165, 1.54) is 12.1 Å². The van der Waals surface area contributed by atoms with Gasteiger partial charge in [0.15, 0.2) is 0 Å². The largest absolute Gasteiger partial charge is 0.378 e. The van der Waals surface area contributed by atoms with Crippen molar-refractivity contribution in [3.05, 3.63) is 34.9 Å². The van der Waals surface area contributed by atoms with Crippen LogP contribution < -0.4 is 5.32 Å². The van der Waals surface area contributed by atoms with Gasteiger partial charge in [-0.3, -0.25) is 0 Å². The molecule has 0 amide bonds. The van der Waals surface area contributed by atoms with Crippen LogP contribution in [0, 0.1) is 18.6 Å². The van der Waals surface area contributed by atoms with Crippen molar-refractivity contribution in [2.45, 2.75) is 13.0 Å². The van der Waals surface area contributed by atoms with Gasteiger partial charge in [0.2, 0.25) is 0 Å². The van der Waals surface area contributed by atoms with Gasteiger partial charge in [-0.05, 0) is 18.6 Å². The van der Waals surface area contributed by atoms with Gasteiger partial charge >= 0.3 is 0 Å². The lowest BCUT2D eigenvalue weighted by Gasteiger charge is -2.25. The van der Waals surface area contributed by atoms with Crippen LogP contribution in [0.3, 0.4) is 0 Å². The second-order valence-electron chi connectivity index (χ2n) is 3.67. The lowest BCUT2D eigenvalue weighted by atomic mass is 10.0. The molecule has 2 nitrogen and oxygen atoms in total. The quantitative estimate of drug-likeness (QED) is 0.769. The molecule has 82 valence electrons. The molecule has 1 fully saturated rings. The summed E-state index contributed by atoms with van der Waals surface area (Å²) in [5, 5.41) is 3.04. The maximum atomic E-state index is 13.7. The first-order valence-electron chi connectivity index (χ1n) is 4.96. The molecule has 0 aromatic heterocycles. The van der Waals surface area contributed by atoms with Crippen LogP contribution in [-0.4, -0.2) is 19.8 Å². The number of benzene rings is 1. The van der Waals surface area contributed by atoms with E-state index in [0.29, 0.717) is 25.3 Å². The van der Waals surface area contributed by atoms with Crippen LogP contribution in [0.25, 0.3) is 0 Å². The van der Waals surface area contributed by atoms with Gasteiger partial charge in [-0.15, -0.1) is 0 Å². The van der Waals surface area contributed by atoms with E-state index in [1.807, 2.05) is 0 Å². The molecule has 1 aliphatic rings. The monoisotopic (exact) mass is 213 g/mol. The van der Waals surface area contributed by atoms with Crippen LogP contribution in [0.1, 0.15) is 17.2 Å². The van der Waals surface area contributed by atoms with Crippen LogP contribution in [-0.2, 0) is 4.74 Å². The molecule has 1 saturated heterocycles. The van der Waals surface area contributed by atoms with Crippen molar-refractivity contribution in [2.24, 2.45) is 0 Å². The van der Waals surface area contributed by atoms with Gasteiger partial charge in [-0.25, -0.2) is 8.78 Å². The summed E-state index contributed by atoms with van der Waals surface area (Å²) in [7, 11) is 0. The molecule has 1 atom stereocenters. The summed E-state index contributed by atoms with van der Waals surface area (Å²) < 4.78 is 32.4. The first kappa shape index (κ1) is 10.5. The summed E-state index contributed by atoms with van der Waals surface area (Å²) in [6, 6.07) is 2.36. The first-order valence-corrected chi connectivity index (χ1v) is 4.96. The zero-order valence-corrected chi connectivity index (χ0v) is 8.52. The van der Waals surface area contributed by atoms with Gasteiger partial charge in [-0.2, -0.15) is 0 Å². The fourth-order valence-corrected chi connectivity index (χ4v) is 1.75. The maximum Gasteiger partial charge on any atom is 0.133 e.